The van der Waals surface area contributed by atoms with E-state index in [0.29, 0.717) is 18.1 Å². The van der Waals surface area contributed by atoms with E-state index in [1.807, 2.05) is 84.9 Å². The highest BCUT2D eigenvalue weighted by molar-refractivity contribution is 6.87. The first-order valence-corrected chi connectivity index (χ1v) is 19.4. The first-order chi connectivity index (χ1) is 19.6. The number of benzene rings is 4. The monoisotopic (exact) mass is 603 g/mol. The summed E-state index contributed by atoms with van der Waals surface area (Å²) in [6.07, 6.45) is 0. The van der Waals surface area contributed by atoms with Gasteiger partial charge < -0.3 is 25.6 Å². The van der Waals surface area contributed by atoms with Crippen LogP contribution in [0.2, 0.25) is 0 Å². The van der Waals surface area contributed by atoms with E-state index in [4.69, 9.17) is 25.6 Å². The van der Waals surface area contributed by atoms with Crippen molar-refractivity contribution >= 4 is 41.8 Å². The number of hydrogen-bond donors (Lipinski definition) is 0. The molecule has 3 radical (unpaired) electrons. The summed E-state index contributed by atoms with van der Waals surface area (Å²) >= 11 is 0. The molecule has 207 valence electrons. The smallest absolute Gasteiger partial charge is 0.397 e. The van der Waals surface area contributed by atoms with Gasteiger partial charge >= 0.3 is 36.7 Å². The van der Waals surface area contributed by atoms with E-state index in [-0.39, 0.29) is 0 Å². The molecule has 4 aromatic carbocycles. The predicted molar refractivity (Wildman–Crippen MR) is 164 cm³/mol. The van der Waals surface area contributed by atoms with Gasteiger partial charge in [-0.25, -0.2) is 0 Å². The number of hydrogen-bond acceptors (Lipinski definition) is 6. The van der Waals surface area contributed by atoms with Crippen LogP contribution in [0.5, 0.6) is 0 Å². The molecule has 0 atom stereocenters. The van der Waals surface area contributed by atoms with Crippen LogP contribution in [-0.4, -0.2) is 58.0 Å². The zero-order valence-electron chi connectivity index (χ0n) is 23.1. The second kappa shape index (κ2) is 16.1. The van der Waals surface area contributed by atoms with Gasteiger partial charge in [0.05, 0.1) is 0 Å². The van der Waals surface area contributed by atoms with Crippen molar-refractivity contribution in [2.24, 2.45) is 0 Å². The summed E-state index contributed by atoms with van der Waals surface area (Å²) in [6, 6.07) is 42.6. The fourth-order valence-electron chi connectivity index (χ4n) is 4.07. The number of rotatable bonds is 16. The largest absolute Gasteiger partial charge is 0.510 e. The summed E-state index contributed by atoms with van der Waals surface area (Å²) < 4.78 is 38.9. The van der Waals surface area contributed by atoms with E-state index in [1.54, 1.807) is 21.3 Å². The van der Waals surface area contributed by atoms with Gasteiger partial charge in [0.25, 0.3) is 0 Å². The molecule has 0 amide bonds. The summed E-state index contributed by atoms with van der Waals surface area (Å²) in [4.78, 5) is 0. The van der Waals surface area contributed by atoms with E-state index in [0.717, 1.165) is 21.9 Å². The molecule has 0 saturated carbocycles. The van der Waals surface area contributed by atoms with Crippen molar-refractivity contribution in [3.8, 4) is 0 Å². The van der Waals surface area contributed by atoms with Gasteiger partial charge in [-0.3, -0.25) is 0 Å². The standard InChI is InChI=1S/C30H35O6Si4/c1-31-37(24-27-16-8-4-9-17-27)34-40(30-22-14-7-15-23-30,35-38(32-2)25-28-18-10-5-11-19-28)36-39(33-3)26-29-20-12-6-13-21-29/h4-23H,24-26H2,1-3H3. The highest BCUT2D eigenvalue weighted by Gasteiger charge is 2.51. The first-order valence-electron chi connectivity index (χ1n) is 13.1. The molecule has 40 heavy (non-hydrogen) atoms. The predicted octanol–water partition coefficient (Wildman–Crippen LogP) is 4.63. The fraction of sp³-hybridized carbons (Fsp3) is 0.200. The molecule has 0 aliphatic heterocycles. The molecule has 0 unspecified atom stereocenters. The molecule has 10 heteroatoms. The third-order valence-electron chi connectivity index (χ3n) is 6.13. The molecule has 6 nitrogen and oxygen atoms in total. The Balaban J connectivity index is 1.72. The molecule has 0 spiro atoms. The Morgan fingerprint density at radius 1 is 0.425 bits per heavy atom. The molecule has 0 saturated heterocycles. The highest BCUT2D eigenvalue weighted by Crippen LogP contribution is 2.21. The first kappa shape index (κ1) is 30.5. The quantitative estimate of drug-likeness (QED) is 0.174. The van der Waals surface area contributed by atoms with E-state index < -0.39 is 36.7 Å². The van der Waals surface area contributed by atoms with Crippen LogP contribution < -0.4 is 5.19 Å². The summed E-state index contributed by atoms with van der Waals surface area (Å²) in [5.41, 5.74) is 3.41. The van der Waals surface area contributed by atoms with Gasteiger partial charge in [-0.05, 0) is 16.7 Å². The van der Waals surface area contributed by atoms with Crippen molar-refractivity contribution < 1.29 is 25.6 Å². The maximum atomic E-state index is 6.98. The molecule has 0 fully saturated rings. The maximum Gasteiger partial charge on any atom is 0.510 e. The van der Waals surface area contributed by atoms with Gasteiger partial charge in [0.15, 0.2) is 0 Å². The molecular formula is C30H35O6Si4. The molecule has 4 rings (SSSR count). The Kier molecular flexibility index (Phi) is 12.2. The Morgan fingerprint density at radius 2 is 0.700 bits per heavy atom. The van der Waals surface area contributed by atoms with E-state index in [1.165, 1.54) is 0 Å². The average molecular weight is 604 g/mol. The lowest BCUT2D eigenvalue weighted by Gasteiger charge is -2.36. The van der Waals surface area contributed by atoms with Crippen LogP contribution >= 0.6 is 0 Å². The molecule has 0 aliphatic rings. The van der Waals surface area contributed by atoms with E-state index >= 15 is 0 Å². The lowest BCUT2D eigenvalue weighted by molar-refractivity contribution is 0.192. The Labute approximate surface area is 244 Å². The lowest BCUT2D eigenvalue weighted by atomic mass is 10.2. The van der Waals surface area contributed by atoms with Crippen LogP contribution in [0.4, 0.5) is 0 Å². The van der Waals surface area contributed by atoms with Crippen molar-refractivity contribution in [1.82, 2.24) is 0 Å². The van der Waals surface area contributed by atoms with Gasteiger partial charge in [-0.15, -0.1) is 0 Å². The van der Waals surface area contributed by atoms with Crippen molar-refractivity contribution in [2.45, 2.75) is 18.1 Å². The fourth-order valence-corrected chi connectivity index (χ4v) is 15.3. The van der Waals surface area contributed by atoms with Crippen LogP contribution in [0.15, 0.2) is 121 Å². The van der Waals surface area contributed by atoms with Gasteiger partial charge in [-0.2, -0.15) is 0 Å². The Bertz CT molecular complexity index is 1110. The molecule has 0 bridgehead atoms. The summed E-state index contributed by atoms with van der Waals surface area (Å²) in [5.74, 6) is 0. The Morgan fingerprint density at radius 3 is 0.975 bits per heavy atom. The van der Waals surface area contributed by atoms with E-state index in [2.05, 4.69) is 36.4 Å². The third kappa shape index (κ3) is 9.01. The molecule has 0 aromatic heterocycles. The third-order valence-corrected chi connectivity index (χ3v) is 16.6. The minimum absolute atomic E-state index is 0.637. The van der Waals surface area contributed by atoms with Crippen LogP contribution in [0.25, 0.3) is 0 Å². The molecule has 4 aromatic rings. The normalized spacial score (nSPS) is 11.9. The second-order valence-electron chi connectivity index (χ2n) is 8.94. The zero-order valence-corrected chi connectivity index (χ0v) is 27.1. The zero-order chi connectivity index (χ0) is 28.0. The van der Waals surface area contributed by atoms with Crippen molar-refractivity contribution in [2.75, 3.05) is 21.3 Å². The molecule has 0 N–H and O–H groups in total. The SMILES string of the molecule is CO[Si](Cc1ccccc1)O[Si](O[Si](Cc1ccccc1)OC)(O[Si](Cc1ccccc1)OC)c1ccccc1. The molecular weight excluding hydrogens is 569 g/mol. The highest BCUT2D eigenvalue weighted by atomic mass is 28.5. The summed E-state index contributed by atoms with van der Waals surface area (Å²) in [7, 11) is -4.11. The van der Waals surface area contributed by atoms with E-state index in [9.17, 15) is 0 Å². The molecule has 0 heterocycles. The second-order valence-corrected chi connectivity index (χ2v) is 17.6. The van der Waals surface area contributed by atoms with Crippen LogP contribution in [0.3, 0.4) is 0 Å². The maximum absolute atomic E-state index is 6.98. The van der Waals surface area contributed by atoms with Gasteiger partial charge in [0, 0.05) is 44.6 Å². The summed E-state index contributed by atoms with van der Waals surface area (Å²) in [5, 5.41) is 0.864. The minimum Gasteiger partial charge on any atom is -0.397 e. The topological polar surface area (TPSA) is 55.4 Å². The van der Waals surface area contributed by atoms with Crippen molar-refractivity contribution in [1.29, 1.82) is 0 Å². The van der Waals surface area contributed by atoms with Gasteiger partial charge in [-0.1, -0.05) is 121 Å². The van der Waals surface area contributed by atoms with Crippen molar-refractivity contribution in [3.63, 3.8) is 0 Å². The lowest BCUT2D eigenvalue weighted by Crippen LogP contribution is -2.65. The van der Waals surface area contributed by atoms with Gasteiger partial charge in [0.2, 0.25) is 0 Å². The molecule has 0 aliphatic carbocycles. The van der Waals surface area contributed by atoms with Crippen LogP contribution in [-0.2, 0) is 43.8 Å². The van der Waals surface area contributed by atoms with Crippen LogP contribution in [0.1, 0.15) is 16.7 Å². The Hall–Kier alpha value is -2.49. The van der Waals surface area contributed by atoms with Crippen molar-refractivity contribution in [3.05, 3.63) is 138 Å². The summed E-state index contributed by atoms with van der Waals surface area (Å²) in [6.45, 7) is 0. The minimum atomic E-state index is -3.62. The average Bonchev–Trinajstić information content (AvgIpc) is 3.02. The van der Waals surface area contributed by atoms with Crippen LogP contribution in [0, 0.1) is 0 Å². The van der Waals surface area contributed by atoms with Gasteiger partial charge in [0.1, 0.15) is 0 Å².